The second-order valence-corrected chi connectivity index (χ2v) is 13.6. The molecule has 0 aliphatic carbocycles. The predicted molar refractivity (Wildman–Crippen MR) is 186 cm³/mol. The van der Waals surface area contributed by atoms with Crippen LogP contribution >= 0.6 is 11.6 Å². The monoisotopic (exact) mass is 707 g/mol. The number of carbonyl (C=O) groups is 2. The minimum Gasteiger partial charge on any atom is -0.488 e. The number of rotatable bonds is 14. The summed E-state index contributed by atoms with van der Waals surface area (Å²) < 4.78 is 30.7. The summed E-state index contributed by atoms with van der Waals surface area (Å²) in [4.78, 5) is 24.1. The van der Waals surface area contributed by atoms with E-state index >= 15 is 0 Å². The number of fused-ring (bicyclic) bond motifs is 1. The van der Waals surface area contributed by atoms with Crippen LogP contribution in [0.1, 0.15) is 49.9 Å². The van der Waals surface area contributed by atoms with Crippen molar-refractivity contribution in [3.63, 3.8) is 0 Å². The first-order valence-electron chi connectivity index (χ1n) is 16.1. The van der Waals surface area contributed by atoms with Gasteiger partial charge in [0.15, 0.2) is 11.5 Å². The highest BCUT2D eigenvalue weighted by Crippen LogP contribution is 2.37. The van der Waals surface area contributed by atoms with E-state index in [4.69, 9.17) is 35.3 Å². The van der Waals surface area contributed by atoms with Crippen LogP contribution in [0.4, 0.5) is 0 Å². The van der Waals surface area contributed by atoms with Crippen molar-refractivity contribution in [2.75, 3.05) is 19.8 Å². The standard InChI is InChI=1S/C37H42ClN3O9/c1-23-26(7-6-8-28(23)25-9-10-30-33(14-25)47-12-11-46-30)21-49-32-15-31(27(13-29(32)38)17-39-37(5,22-42)35(44)45)48-20-24-16-40-41(18-24)19-34(43)50-36(2,3)4/h6-10,13-16,18,39,42H,11-12,17,19-22H2,1-5H3,(H,44,45). The molecular weight excluding hydrogens is 666 g/mol. The van der Waals surface area contributed by atoms with Crippen molar-refractivity contribution < 1.29 is 43.5 Å². The van der Waals surface area contributed by atoms with Crippen LogP contribution < -0.4 is 24.3 Å². The van der Waals surface area contributed by atoms with Gasteiger partial charge >= 0.3 is 11.9 Å². The van der Waals surface area contributed by atoms with Crippen molar-refractivity contribution >= 4 is 23.5 Å². The van der Waals surface area contributed by atoms with Crippen molar-refractivity contribution in [2.45, 2.75) is 72.1 Å². The van der Waals surface area contributed by atoms with E-state index in [2.05, 4.69) is 10.4 Å². The number of carbonyl (C=O) groups excluding carboxylic acids is 1. The van der Waals surface area contributed by atoms with Crippen LogP contribution in [-0.4, -0.2) is 62.9 Å². The Kier molecular flexibility index (Phi) is 11.2. The van der Waals surface area contributed by atoms with Crippen LogP contribution in [0, 0.1) is 6.92 Å². The zero-order valence-corrected chi connectivity index (χ0v) is 29.5. The third kappa shape index (κ3) is 9.06. The summed E-state index contributed by atoms with van der Waals surface area (Å²) in [6, 6.07) is 15.2. The van der Waals surface area contributed by atoms with Crippen molar-refractivity contribution in [1.29, 1.82) is 0 Å². The van der Waals surface area contributed by atoms with Gasteiger partial charge in [0.1, 0.15) is 55.6 Å². The number of hydrogen-bond donors (Lipinski definition) is 3. The third-order valence-corrected chi connectivity index (χ3v) is 8.34. The van der Waals surface area contributed by atoms with Crippen LogP contribution in [0.5, 0.6) is 23.0 Å². The van der Waals surface area contributed by atoms with Gasteiger partial charge in [-0.25, -0.2) is 0 Å². The lowest BCUT2D eigenvalue weighted by Gasteiger charge is -2.25. The molecule has 0 saturated heterocycles. The van der Waals surface area contributed by atoms with Crippen LogP contribution in [0.3, 0.4) is 0 Å². The van der Waals surface area contributed by atoms with E-state index < -0.39 is 29.7 Å². The second kappa shape index (κ2) is 15.4. The van der Waals surface area contributed by atoms with Gasteiger partial charge in [-0.3, -0.25) is 19.6 Å². The summed E-state index contributed by atoms with van der Waals surface area (Å²) in [5.41, 5.74) is 3.00. The number of aliphatic hydroxyl groups is 1. The van der Waals surface area contributed by atoms with Crippen LogP contribution in [0.2, 0.25) is 5.02 Å². The highest BCUT2D eigenvalue weighted by atomic mass is 35.5. The largest absolute Gasteiger partial charge is 0.488 e. The van der Waals surface area contributed by atoms with E-state index in [9.17, 15) is 19.8 Å². The summed E-state index contributed by atoms with van der Waals surface area (Å²) in [6.07, 6.45) is 3.26. The number of carboxylic acid groups (broad SMARTS) is 1. The first-order valence-corrected chi connectivity index (χ1v) is 16.5. The van der Waals surface area contributed by atoms with E-state index in [1.165, 1.54) is 11.6 Å². The first kappa shape index (κ1) is 36.5. The quantitative estimate of drug-likeness (QED) is 0.138. The Morgan fingerprint density at radius 1 is 0.980 bits per heavy atom. The van der Waals surface area contributed by atoms with E-state index in [0.29, 0.717) is 46.6 Å². The van der Waals surface area contributed by atoms with Crippen molar-refractivity contribution in [2.24, 2.45) is 0 Å². The molecule has 0 radical (unpaired) electrons. The van der Waals surface area contributed by atoms with Crippen molar-refractivity contribution in [3.8, 4) is 34.1 Å². The van der Waals surface area contributed by atoms with Crippen molar-refractivity contribution in [3.05, 3.63) is 88.2 Å². The first-order chi connectivity index (χ1) is 23.7. The zero-order chi connectivity index (χ0) is 36.1. The molecule has 50 heavy (non-hydrogen) atoms. The van der Waals surface area contributed by atoms with Gasteiger partial charge in [0.05, 0.1) is 17.8 Å². The lowest BCUT2D eigenvalue weighted by Crippen LogP contribution is -2.52. The van der Waals surface area contributed by atoms with Gasteiger partial charge in [-0.1, -0.05) is 35.9 Å². The Labute approximate surface area is 295 Å². The number of aliphatic hydroxyl groups excluding tert-OH is 1. The second-order valence-electron chi connectivity index (χ2n) is 13.2. The Hall–Kier alpha value is -4.78. The smallest absolute Gasteiger partial charge is 0.328 e. The molecule has 1 aromatic heterocycles. The number of carboxylic acids is 1. The van der Waals surface area contributed by atoms with Crippen LogP contribution in [0.25, 0.3) is 11.1 Å². The molecule has 1 aliphatic heterocycles. The molecule has 1 atom stereocenters. The van der Waals surface area contributed by atoms with Gasteiger partial charge in [0, 0.05) is 29.9 Å². The average Bonchev–Trinajstić information content (AvgIpc) is 3.52. The Bertz CT molecular complexity index is 1850. The van der Waals surface area contributed by atoms with Gasteiger partial charge in [0.25, 0.3) is 0 Å². The molecule has 0 fully saturated rings. The van der Waals surface area contributed by atoms with Crippen molar-refractivity contribution in [1.82, 2.24) is 15.1 Å². The normalized spacial score (nSPS) is 13.7. The molecule has 2 heterocycles. The molecule has 12 nitrogen and oxygen atoms in total. The minimum absolute atomic E-state index is 0.0211. The fraction of sp³-hybridized carbons (Fsp3) is 0.378. The topological polar surface area (TPSA) is 151 Å². The van der Waals surface area contributed by atoms with E-state index in [0.717, 1.165) is 28.0 Å². The van der Waals surface area contributed by atoms with Gasteiger partial charge in [-0.15, -0.1) is 0 Å². The maximum atomic E-state index is 12.3. The number of nitrogens with one attached hydrogen (secondary N) is 1. The maximum absolute atomic E-state index is 12.3. The molecule has 0 saturated carbocycles. The molecule has 1 aliphatic rings. The molecule has 3 N–H and O–H groups in total. The average molecular weight is 708 g/mol. The van der Waals surface area contributed by atoms with E-state index in [-0.39, 0.29) is 26.3 Å². The molecule has 0 spiro atoms. The SMILES string of the molecule is Cc1c(COc2cc(OCc3cnn(CC(=O)OC(C)(C)C)c3)c(CNC(C)(CO)C(=O)O)cc2Cl)cccc1-c1ccc2c(c1)OCCO2. The number of aliphatic carboxylic acids is 1. The Morgan fingerprint density at radius 2 is 1.72 bits per heavy atom. The number of ether oxygens (including phenoxy) is 5. The summed E-state index contributed by atoms with van der Waals surface area (Å²) in [6.45, 7) is 9.44. The molecule has 13 heteroatoms. The summed E-state index contributed by atoms with van der Waals surface area (Å²) in [5, 5.41) is 26.8. The van der Waals surface area contributed by atoms with Gasteiger partial charge < -0.3 is 33.9 Å². The van der Waals surface area contributed by atoms with E-state index in [1.54, 1.807) is 45.3 Å². The maximum Gasteiger partial charge on any atom is 0.328 e. The zero-order valence-electron chi connectivity index (χ0n) is 28.7. The molecule has 0 amide bonds. The lowest BCUT2D eigenvalue weighted by molar-refractivity contribution is -0.155. The number of nitrogens with zero attached hydrogens (tertiary/aromatic N) is 2. The fourth-order valence-electron chi connectivity index (χ4n) is 5.20. The van der Waals surface area contributed by atoms with Gasteiger partial charge in [-0.05, 0) is 75.1 Å². The number of esters is 1. The summed E-state index contributed by atoms with van der Waals surface area (Å²) in [7, 11) is 0. The molecule has 0 bridgehead atoms. The molecular formula is C37H42ClN3O9. The van der Waals surface area contributed by atoms with E-state index in [1.807, 2.05) is 43.3 Å². The highest BCUT2D eigenvalue weighted by Gasteiger charge is 2.32. The fourth-order valence-corrected chi connectivity index (χ4v) is 5.44. The molecule has 5 rings (SSSR count). The minimum atomic E-state index is -1.60. The van der Waals surface area contributed by atoms with Crippen LogP contribution in [0.15, 0.2) is 60.9 Å². The predicted octanol–water partition coefficient (Wildman–Crippen LogP) is 5.71. The number of aromatic nitrogens is 2. The summed E-state index contributed by atoms with van der Waals surface area (Å²) >= 11 is 6.71. The third-order valence-electron chi connectivity index (χ3n) is 8.05. The Balaban J connectivity index is 1.35. The van der Waals surface area contributed by atoms with Gasteiger partial charge in [0.2, 0.25) is 0 Å². The lowest BCUT2D eigenvalue weighted by atomic mass is 9.96. The number of halogens is 1. The highest BCUT2D eigenvalue weighted by molar-refractivity contribution is 6.32. The number of benzene rings is 3. The number of hydrogen-bond acceptors (Lipinski definition) is 10. The van der Waals surface area contributed by atoms with Crippen LogP contribution in [-0.2, 0) is 40.6 Å². The Morgan fingerprint density at radius 3 is 2.44 bits per heavy atom. The molecule has 3 aromatic carbocycles. The molecule has 266 valence electrons. The molecule has 1 unspecified atom stereocenters. The van der Waals surface area contributed by atoms with Gasteiger partial charge in [-0.2, -0.15) is 5.10 Å². The molecule has 4 aromatic rings. The summed E-state index contributed by atoms with van der Waals surface area (Å²) in [5.74, 6) is 0.546.